The number of ether oxygens (including phenoxy) is 2. The van der Waals surface area contributed by atoms with Gasteiger partial charge in [-0.1, -0.05) is 20.8 Å². The van der Waals surface area contributed by atoms with Gasteiger partial charge in [-0.05, 0) is 25.8 Å². The molecule has 0 bridgehead atoms. The molecule has 0 aliphatic rings. The van der Waals surface area contributed by atoms with E-state index in [4.69, 9.17) is 14.6 Å². The van der Waals surface area contributed by atoms with Crippen LogP contribution in [0, 0.1) is 0 Å². The molecule has 1 aromatic rings. The lowest BCUT2D eigenvalue weighted by molar-refractivity contribution is 0.0676. The van der Waals surface area contributed by atoms with E-state index in [1.165, 1.54) is 17.0 Å². The van der Waals surface area contributed by atoms with Gasteiger partial charge >= 0.3 is 0 Å². The lowest BCUT2D eigenvalue weighted by atomic mass is 10.1. The lowest BCUT2D eigenvalue weighted by Crippen LogP contribution is -2.14. The highest BCUT2D eigenvalue weighted by atomic mass is 16.5. The molecule has 0 amide bonds. The van der Waals surface area contributed by atoms with Gasteiger partial charge in [0.2, 0.25) is 0 Å². The van der Waals surface area contributed by atoms with E-state index >= 15 is 0 Å². The third kappa shape index (κ3) is 5.77. The largest absolute Gasteiger partial charge is 0.382 e. The van der Waals surface area contributed by atoms with Crippen LogP contribution in [0.15, 0.2) is 0 Å². The van der Waals surface area contributed by atoms with Gasteiger partial charge < -0.3 is 14.8 Å². The van der Waals surface area contributed by atoms with Gasteiger partial charge in [-0.25, -0.2) is 0 Å². The average Bonchev–Trinajstić information content (AvgIpc) is 2.85. The Kier molecular flexibility index (Phi) is 9.30. The molecule has 5 nitrogen and oxygen atoms in total. The summed E-state index contributed by atoms with van der Waals surface area (Å²) in [4.78, 5) is 0. The Labute approximate surface area is 129 Å². The highest BCUT2D eigenvalue weighted by molar-refractivity contribution is 5.26. The number of hydrogen-bond acceptors (Lipinski definition) is 4. The molecule has 0 saturated carbocycles. The number of aromatic nitrogens is 2. The second-order valence-corrected chi connectivity index (χ2v) is 5.04. The Bertz CT molecular complexity index is 391. The Hall–Kier alpha value is -0.910. The molecular weight excluding hydrogens is 266 g/mol. The summed E-state index contributed by atoms with van der Waals surface area (Å²) in [6.45, 7) is 11.5. The van der Waals surface area contributed by atoms with Crippen molar-refractivity contribution >= 4 is 0 Å². The molecule has 0 aliphatic heterocycles. The van der Waals surface area contributed by atoms with Gasteiger partial charge in [-0.2, -0.15) is 5.10 Å². The quantitative estimate of drug-likeness (QED) is 0.601. The van der Waals surface area contributed by atoms with Crippen molar-refractivity contribution in [3.05, 3.63) is 17.0 Å². The van der Waals surface area contributed by atoms with Crippen molar-refractivity contribution in [2.45, 2.75) is 53.1 Å². The molecule has 1 aromatic heterocycles. The summed E-state index contributed by atoms with van der Waals surface area (Å²) in [7, 11) is 1.69. The highest BCUT2D eigenvalue weighted by Crippen LogP contribution is 2.16. The second-order valence-electron chi connectivity index (χ2n) is 5.04. The Morgan fingerprint density at radius 2 is 1.90 bits per heavy atom. The van der Waals surface area contributed by atoms with E-state index in [1.807, 2.05) is 0 Å². The monoisotopic (exact) mass is 297 g/mol. The summed E-state index contributed by atoms with van der Waals surface area (Å²) < 4.78 is 12.7. The van der Waals surface area contributed by atoms with Crippen LogP contribution in [0.2, 0.25) is 0 Å². The van der Waals surface area contributed by atoms with Crippen LogP contribution in [0.5, 0.6) is 0 Å². The molecule has 0 spiro atoms. The maximum absolute atomic E-state index is 5.52. The SMILES string of the molecule is CCNCc1c(CC)nn(CCCOCCOC)c1CC. The van der Waals surface area contributed by atoms with Gasteiger partial charge in [0, 0.05) is 38.1 Å². The van der Waals surface area contributed by atoms with Crippen LogP contribution >= 0.6 is 0 Å². The third-order valence-electron chi connectivity index (χ3n) is 3.56. The molecule has 5 heteroatoms. The minimum Gasteiger partial charge on any atom is -0.382 e. The van der Waals surface area contributed by atoms with Crippen LogP contribution < -0.4 is 5.32 Å². The standard InChI is InChI=1S/C16H31N3O2/c1-5-15-14(13-17-7-3)16(6-2)19(18-15)9-8-10-21-12-11-20-4/h17H,5-13H2,1-4H3. The van der Waals surface area contributed by atoms with Gasteiger partial charge in [-0.15, -0.1) is 0 Å². The summed E-state index contributed by atoms with van der Waals surface area (Å²) in [6.07, 6.45) is 3.01. The first kappa shape index (κ1) is 18.1. The van der Waals surface area contributed by atoms with Crippen molar-refractivity contribution in [2.75, 3.05) is 33.5 Å². The molecule has 1 heterocycles. The summed E-state index contributed by atoms with van der Waals surface area (Å²) in [5.74, 6) is 0. The predicted octanol–water partition coefficient (Wildman–Crippen LogP) is 2.17. The van der Waals surface area contributed by atoms with Gasteiger partial charge in [0.05, 0.1) is 18.9 Å². The number of rotatable bonds is 12. The summed E-state index contributed by atoms with van der Waals surface area (Å²) in [5.41, 5.74) is 3.99. The van der Waals surface area contributed by atoms with E-state index in [9.17, 15) is 0 Å². The molecule has 0 aromatic carbocycles. The second kappa shape index (κ2) is 10.8. The molecule has 0 aliphatic carbocycles. The van der Waals surface area contributed by atoms with Crippen LogP contribution in [0.3, 0.4) is 0 Å². The summed E-state index contributed by atoms with van der Waals surface area (Å²) in [6, 6.07) is 0. The summed E-state index contributed by atoms with van der Waals surface area (Å²) >= 11 is 0. The molecule has 122 valence electrons. The number of methoxy groups -OCH3 is 1. The fourth-order valence-electron chi connectivity index (χ4n) is 2.47. The van der Waals surface area contributed by atoms with E-state index in [1.54, 1.807) is 7.11 Å². The highest BCUT2D eigenvalue weighted by Gasteiger charge is 2.14. The van der Waals surface area contributed by atoms with Gasteiger partial charge in [-0.3, -0.25) is 4.68 Å². The van der Waals surface area contributed by atoms with E-state index in [2.05, 4.69) is 30.8 Å². The Balaban J connectivity index is 2.58. The molecule has 0 atom stereocenters. The van der Waals surface area contributed by atoms with E-state index in [0.29, 0.717) is 13.2 Å². The lowest BCUT2D eigenvalue weighted by Gasteiger charge is -2.09. The van der Waals surface area contributed by atoms with Gasteiger partial charge in [0.25, 0.3) is 0 Å². The minimum atomic E-state index is 0.662. The molecule has 21 heavy (non-hydrogen) atoms. The van der Waals surface area contributed by atoms with Gasteiger partial charge in [0.15, 0.2) is 0 Å². The van der Waals surface area contributed by atoms with Crippen molar-refractivity contribution in [3.63, 3.8) is 0 Å². The zero-order chi connectivity index (χ0) is 15.5. The molecule has 0 radical (unpaired) electrons. The fraction of sp³-hybridized carbons (Fsp3) is 0.812. The van der Waals surface area contributed by atoms with Crippen molar-refractivity contribution in [1.82, 2.24) is 15.1 Å². The van der Waals surface area contributed by atoms with Gasteiger partial charge in [0.1, 0.15) is 0 Å². The van der Waals surface area contributed by atoms with Crippen molar-refractivity contribution in [1.29, 1.82) is 0 Å². The van der Waals surface area contributed by atoms with Crippen LogP contribution in [0.25, 0.3) is 0 Å². The maximum Gasteiger partial charge on any atom is 0.0700 e. The zero-order valence-corrected chi connectivity index (χ0v) is 14.1. The number of hydrogen-bond donors (Lipinski definition) is 1. The summed E-state index contributed by atoms with van der Waals surface area (Å²) in [5, 5.41) is 8.21. The predicted molar refractivity (Wildman–Crippen MR) is 85.7 cm³/mol. The fourth-order valence-corrected chi connectivity index (χ4v) is 2.47. The van der Waals surface area contributed by atoms with Crippen molar-refractivity contribution in [2.24, 2.45) is 0 Å². The van der Waals surface area contributed by atoms with Crippen LogP contribution in [0.1, 0.15) is 44.1 Å². The first-order valence-corrected chi connectivity index (χ1v) is 8.13. The topological polar surface area (TPSA) is 48.3 Å². The minimum absolute atomic E-state index is 0.662. The molecule has 0 fully saturated rings. The first-order chi connectivity index (χ1) is 10.3. The van der Waals surface area contributed by atoms with E-state index < -0.39 is 0 Å². The molecule has 0 unspecified atom stereocenters. The van der Waals surface area contributed by atoms with E-state index in [-0.39, 0.29) is 0 Å². The first-order valence-electron chi connectivity index (χ1n) is 8.13. The zero-order valence-electron chi connectivity index (χ0n) is 14.1. The van der Waals surface area contributed by atoms with Crippen LogP contribution in [-0.4, -0.2) is 43.3 Å². The molecular formula is C16H31N3O2. The molecule has 0 saturated heterocycles. The third-order valence-corrected chi connectivity index (χ3v) is 3.56. The molecule has 1 N–H and O–H groups in total. The average molecular weight is 297 g/mol. The Morgan fingerprint density at radius 3 is 2.52 bits per heavy atom. The van der Waals surface area contributed by atoms with Crippen molar-refractivity contribution in [3.8, 4) is 0 Å². The number of nitrogens with zero attached hydrogens (tertiary/aromatic N) is 2. The Morgan fingerprint density at radius 1 is 1.10 bits per heavy atom. The number of aryl methyl sites for hydroxylation is 2. The van der Waals surface area contributed by atoms with Crippen LogP contribution in [-0.2, 0) is 35.4 Å². The number of nitrogens with one attached hydrogen (secondary N) is 1. The normalized spacial score (nSPS) is 11.2. The smallest absolute Gasteiger partial charge is 0.0700 e. The molecule has 1 rings (SSSR count). The van der Waals surface area contributed by atoms with Crippen molar-refractivity contribution < 1.29 is 9.47 Å². The van der Waals surface area contributed by atoms with E-state index in [0.717, 1.165) is 45.5 Å². The van der Waals surface area contributed by atoms with Crippen LogP contribution in [0.4, 0.5) is 0 Å². The maximum atomic E-state index is 5.52.